The van der Waals surface area contributed by atoms with Gasteiger partial charge in [-0.05, 0) is 51.1 Å². The molecule has 3 rings (SSSR count). The molecule has 1 aromatic heterocycles. The molecular formula is C16H19FN4O. The molecule has 0 spiro atoms. The van der Waals surface area contributed by atoms with E-state index in [1.54, 1.807) is 29.9 Å². The number of hydrogen-bond donors (Lipinski definition) is 2. The maximum atomic E-state index is 13.7. The van der Waals surface area contributed by atoms with E-state index in [1.165, 1.54) is 6.07 Å². The molecule has 0 saturated carbocycles. The molecule has 116 valence electrons. The molecular weight excluding hydrogens is 283 g/mol. The van der Waals surface area contributed by atoms with E-state index in [1.807, 2.05) is 12.3 Å². The van der Waals surface area contributed by atoms with Crippen LogP contribution in [0.3, 0.4) is 0 Å². The quantitative estimate of drug-likeness (QED) is 0.912. The summed E-state index contributed by atoms with van der Waals surface area (Å²) in [4.78, 5) is 12.9. The number of nitrogens with one attached hydrogen (secondary N) is 2. The first-order valence-corrected chi connectivity index (χ1v) is 7.41. The van der Waals surface area contributed by atoms with Gasteiger partial charge in [-0.1, -0.05) is 6.07 Å². The number of benzene rings is 1. The van der Waals surface area contributed by atoms with Gasteiger partial charge in [0.15, 0.2) is 0 Å². The molecule has 1 aliphatic heterocycles. The molecule has 1 aliphatic rings. The molecule has 1 aromatic carbocycles. The average molecular weight is 302 g/mol. The number of aromatic nitrogens is 2. The number of nitrogens with zero attached hydrogens (tertiary/aromatic N) is 2. The lowest BCUT2D eigenvalue weighted by Crippen LogP contribution is -2.52. The van der Waals surface area contributed by atoms with E-state index in [2.05, 4.69) is 15.7 Å². The fourth-order valence-electron chi connectivity index (χ4n) is 2.90. The van der Waals surface area contributed by atoms with Gasteiger partial charge in [-0.2, -0.15) is 5.10 Å². The van der Waals surface area contributed by atoms with E-state index >= 15 is 0 Å². The minimum Gasteiger partial charge on any atom is -0.324 e. The number of amides is 1. The molecule has 2 N–H and O–H groups in total. The molecule has 5 nitrogen and oxygen atoms in total. The van der Waals surface area contributed by atoms with Crippen LogP contribution in [0.2, 0.25) is 0 Å². The van der Waals surface area contributed by atoms with Crippen LogP contribution in [0.15, 0.2) is 36.7 Å². The van der Waals surface area contributed by atoms with E-state index in [0.717, 1.165) is 13.1 Å². The van der Waals surface area contributed by atoms with Gasteiger partial charge in [0.1, 0.15) is 11.4 Å². The van der Waals surface area contributed by atoms with Gasteiger partial charge in [-0.15, -0.1) is 0 Å². The monoisotopic (exact) mass is 302 g/mol. The lowest BCUT2D eigenvalue weighted by atomic mass is 9.87. The molecule has 0 unspecified atom stereocenters. The lowest BCUT2D eigenvalue weighted by Gasteiger charge is -2.36. The lowest BCUT2D eigenvalue weighted by molar-refractivity contribution is -0.126. The number of anilines is 1. The zero-order valence-electron chi connectivity index (χ0n) is 12.5. The van der Waals surface area contributed by atoms with Gasteiger partial charge in [-0.3, -0.25) is 9.48 Å². The second-order valence-electron chi connectivity index (χ2n) is 5.60. The normalized spacial score (nSPS) is 17.2. The number of hydrogen-bond acceptors (Lipinski definition) is 3. The van der Waals surface area contributed by atoms with Crippen LogP contribution in [0, 0.1) is 12.7 Å². The Hall–Kier alpha value is -2.21. The molecule has 6 heteroatoms. The molecule has 0 atom stereocenters. The van der Waals surface area contributed by atoms with Gasteiger partial charge < -0.3 is 10.6 Å². The number of halogens is 1. The highest BCUT2D eigenvalue weighted by Gasteiger charge is 2.42. The predicted molar refractivity (Wildman–Crippen MR) is 82.1 cm³/mol. The Morgan fingerprint density at radius 1 is 1.36 bits per heavy atom. The van der Waals surface area contributed by atoms with E-state index in [4.69, 9.17) is 0 Å². The van der Waals surface area contributed by atoms with E-state index < -0.39 is 5.54 Å². The minimum absolute atomic E-state index is 0.147. The molecule has 0 aliphatic carbocycles. The van der Waals surface area contributed by atoms with Gasteiger partial charge in [0.25, 0.3) is 5.91 Å². The van der Waals surface area contributed by atoms with Crippen LogP contribution in [0.1, 0.15) is 18.4 Å². The number of carbonyl (C=O) groups is 1. The summed E-state index contributed by atoms with van der Waals surface area (Å²) < 4.78 is 15.4. The molecule has 0 bridgehead atoms. The van der Waals surface area contributed by atoms with Crippen molar-refractivity contribution in [3.63, 3.8) is 0 Å². The number of piperidine rings is 1. The second-order valence-corrected chi connectivity index (χ2v) is 5.60. The van der Waals surface area contributed by atoms with Crippen molar-refractivity contribution in [2.45, 2.75) is 25.3 Å². The Labute approximate surface area is 128 Å². The standard InChI is InChI=1S/C16H19FN4O/c1-12-13(17)4-2-5-14(12)20-15(22)16(6-9-18-10-7-16)21-11-3-8-19-21/h2-5,8,11,18H,6-7,9-10H2,1H3,(H,20,22). The van der Waals surface area contributed by atoms with Gasteiger partial charge in [0.2, 0.25) is 0 Å². The third-order valence-electron chi connectivity index (χ3n) is 4.31. The summed E-state index contributed by atoms with van der Waals surface area (Å²) in [5.41, 5.74) is 0.225. The maximum absolute atomic E-state index is 13.7. The van der Waals surface area contributed by atoms with Gasteiger partial charge in [0, 0.05) is 23.6 Å². The summed E-state index contributed by atoms with van der Waals surface area (Å²) in [5, 5.41) is 10.4. The van der Waals surface area contributed by atoms with Crippen LogP contribution >= 0.6 is 0 Å². The molecule has 1 fully saturated rings. The first kappa shape index (κ1) is 14.7. The first-order valence-electron chi connectivity index (χ1n) is 7.41. The highest BCUT2D eigenvalue weighted by Crippen LogP contribution is 2.29. The fraction of sp³-hybridized carbons (Fsp3) is 0.375. The summed E-state index contributed by atoms with van der Waals surface area (Å²) in [6, 6.07) is 6.51. The summed E-state index contributed by atoms with van der Waals surface area (Å²) in [7, 11) is 0. The van der Waals surface area contributed by atoms with Crippen LogP contribution in [-0.2, 0) is 10.3 Å². The van der Waals surface area contributed by atoms with Crippen LogP contribution in [0.5, 0.6) is 0 Å². The smallest absolute Gasteiger partial charge is 0.252 e. The maximum Gasteiger partial charge on any atom is 0.252 e. The van der Waals surface area contributed by atoms with Crippen LogP contribution < -0.4 is 10.6 Å². The molecule has 2 heterocycles. The fourth-order valence-corrected chi connectivity index (χ4v) is 2.90. The summed E-state index contributed by atoms with van der Waals surface area (Å²) in [6.45, 7) is 3.15. The Morgan fingerprint density at radius 2 is 2.14 bits per heavy atom. The van der Waals surface area contributed by atoms with Gasteiger partial charge in [0.05, 0.1) is 0 Å². The number of carbonyl (C=O) groups excluding carboxylic acids is 1. The molecule has 0 radical (unpaired) electrons. The predicted octanol–water partition coefficient (Wildman–Crippen LogP) is 2.05. The van der Waals surface area contributed by atoms with E-state index in [9.17, 15) is 9.18 Å². The van der Waals surface area contributed by atoms with Crippen molar-refractivity contribution in [1.82, 2.24) is 15.1 Å². The molecule has 1 amide bonds. The van der Waals surface area contributed by atoms with Gasteiger partial charge in [-0.25, -0.2) is 4.39 Å². The zero-order valence-corrected chi connectivity index (χ0v) is 12.5. The number of rotatable bonds is 3. The molecule has 1 saturated heterocycles. The topological polar surface area (TPSA) is 59.0 Å². The van der Waals surface area contributed by atoms with Crippen LogP contribution in [-0.4, -0.2) is 28.8 Å². The first-order chi connectivity index (χ1) is 10.6. The minimum atomic E-state index is -0.729. The molecule has 22 heavy (non-hydrogen) atoms. The third-order valence-corrected chi connectivity index (χ3v) is 4.31. The van der Waals surface area contributed by atoms with Crippen molar-refractivity contribution in [3.8, 4) is 0 Å². The summed E-state index contributed by atoms with van der Waals surface area (Å²) >= 11 is 0. The van der Waals surface area contributed by atoms with Crippen LogP contribution in [0.4, 0.5) is 10.1 Å². The Morgan fingerprint density at radius 3 is 2.82 bits per heavy atom. The Balaban J connectivity index is 1.92. The molecule has 2 aromatic rings. The van der Waals surface area contributed by atoms with E-state index in [0.29, 0.717) is 24.1 Å². The van der Waals surface area contributed by atoms with Gasteiger partial charge >= 0.3 is 0 Å². The van der Waals surface area contributed by atoms with Crippen molar-refractivity contribution < 1.29 is 9.18 Å². The van der Waals surface area contributed by atoms with Crippen molar-refractivity contribution in [3.05, 3.63) is 48.0 Å². The Bertz CT molecular complexity index is 663. The largest absolute Gasteiger partial charge is 0.324 e. The Kier molecular flexibility index (Phi) is 3.94. The average Bonchev–Trinajstić information content (AvgIpc) is 3.07. The highest BCUT2D eigenvalue weighted by molar-refractivity contribution is 5.97. The summed E-state index contributed by atoms with van der Waals surface area (Å²) in [6.07, 6.45) is 4.78. The van der Waals surface area contributed by atoms with Crippen LogP contribution in [0.25, 0.3) is 0 Å². The van der Waals surface area contributed by atoms with Crippen molar-refractivity contribution >= 4 is 11.6 Å². The third kappa shape index (κ3) is 2.50. The SMILES string of the molecule is Cc1c(F)cccc1NC(=O)C1(n2cccn2)CCNCC1. The van der Waals surface area contributed by atoms with Crippen molar-refractivity contribution in [1.29, 1.82) is 0 Å². The van der Waals surface area contributed by atoms with Crippen molar-refractivity contribution in [2.75, 3.05) is 18.4 Å². The van der Waals surface area contributed by atoms with E-state index in [-0.39, 0.29) is 11.7 Å². The van der Waals surface area contributed by atoms with Crippen molar-refractivity contribution in [2.24, 2.45) is 0 Å². The summed E-state index contributed by atoms with van der Waals surface area (Å²) in [5.74, 6) is -0.470. The highest BCUT2D eigenvalue weighted by atomic mass is 19.1. The zero-order chi connectivity index (χ0) is 15.6. The second kappa shape index (κ2) is 5.88.